The van der Waals surface area contributed by atoms with E-state index in [1.54, 1.807) is 0 Å². The lowest BCUT2D eigenvalue weighted by molar-refractivity contribution is 0.682. The van der Waals surface area contributed by atoms with Crippen LogP contribution in [0.1, 0.15) is 18.3 Å². The summed E-state index contributed by atoms with van der Waals surface area (Å²) < 4.78 is 1.83. The average Bonchev–Trinajstić information content (AvgIpc) is 2.63. The highest BCUT2D eigenvalue weighted by Crippen LogP contribution is 2.27. The van der Waals surface area contributed by atoms with Gasteiger partial charge in [0.2, 0.25) is 0 Å². The van der Waals surface area contributed by atoms with E-state index in [1.165, 1.54) is 0 Å². The molecule has 0 bridgehead atoms. The SMILES string of the molecule is CCN(Cc1c(Cl)c(C)nn1C)c1ccccc1N. The van der Waals surface area contributed by atoms with E-state index in [4.69, 9.17) is 17.3 Å². The molecule has 1 aromatic carbocycles. The summed E-state index contributed by atoms with van der Waals surface area (Å²) in [5.41, 5.74) is 9.70. The van der Waals surface area contributed by atoms with E-state index in [0.717, 1.165) is 34.3 Å². The number of aryl methyl sites for hydroxylation is 2. The predicted molar refractivity (Wildman–Crippen MR) is 80.5 cm³/mol. The standard InChI is InChI=1S/C14H19ClN4/c1-4-19(12-8-6-5-7-11(12)16)9-13-14(15)10(2)17-18(13)3/h5-8H,4,9,16H2,1-3H3. The van der Waals surface area contributed by atoms with Gasteiger partial charge in [0.1, 0.15) is 0 Å². The Morgan fingerprint density at radius 3 is 2.58 bits per heavy atom. The van der Waals surface area contributed by atoms with E-state index >= 15 is 0 Å². The molecule has 1 aromatic heterocycles. The highest BCUT2D eigenvalue weighted by Gasteiger charge is 2.15. The molecule has 0 amide bonds. The van der Waals surface area contributed by atoms with Gasteiger partial charge in [-0.1, -0.05) is 23.7 Å². The van der Waals surface area contributed by atoms with Crippen LogP contribution in [0, 0.1) is 6.92 Å². The minimum absolute atomic E-state index is 0.695. The molecule has 0 spiro atoms. The molecule has 0 fully saturated rings. The Morgan fingerprint density at radius 2 is 2.05 bits per heavy atom. The van der Waals surface area contributed by atoms with Crippen LogP contribution >= 0.6 is 11.6 Å². The maximum atomic E-state index is 6.30. The number of nitrogen functional groups attached to an aromatic ring is 1. The van der Waals surface area contributed by atoms with Crippen molar-refractivity contribution in [3.63, 3.8) is 0 Å². The van der Waals surface area contributed by atoms with Crippen molar-refractivity contribution >= 4 is 23.0 Å². The van der Waals surface area contributed by atoms with Gasteiger partial charge in [-0.3, -0.25) is 4.68 Å². The van der Waals surface area contributed by atoms with Crippen molar-refractivity contribution in [1.82, 2.24) is 9.78 Å². The number of nitrogens with zero attached hydrogens (tertiary/aromatic N) is 3. The summed E-state index contributed by atoms with van der Waals surface area (Å²) in [6.07, 6.45) is 0. The Bertz CT molecular complexity index is 577. The summed E-state index contributed by atoms with van der Waals surface area (Å²) in [5, 5.41) is 5.07. The first-order valence-electron chi connectivity index (χ1n) is 6.32. The fraction of sp³-hybridized carbons (Fsp3) is 0.357. The molecular weight excluding hydrogens is 260 g/mol. The second-order valence-electron chi connectivity index (χ2n) is 4.54. The molecule has 0 unspecified atom stereocenters. The van der Waals surface area contributed by atoms with Gasteiger partial charge in [0.25, 0.3) is 0 Å². The number of para-hydroxylation sites is 2. The van der Waals surface area contributed by atoms with E-state index < -0.39 is 0 Å². The maximum Gasteiger partial charge on any atom is 0.0865 e. The molecule has 4 nitrogen and oxygen atoms in total. The van der Waals surface area contributed by atoms with Crippen molar-refractivity contribution < 1.29 is 0 Å². The Labute approximate surface area is 118 Å². The first-order chi connectivity index (χ1) is 9.04. The monoisotopic (exact) mass is 278 g/mol. The van der Waals surface area contributed by atoms with Crippen molar-refractivity contribution in [3.8, 4) is 0 Å². The zero-order chi connectivity index (χ0) is 14.0. The van der Waals surface area contributed by atoms with Crippen molar-refractivity contribution in [1.29, 1.82) is 0 Å². The highest BCUT2D eigenvalue weighted by molar-refractivity contribution is 6.31. The lowest BCUT2D eigenvalue weighted by Gasteiger charge is -2.24. The summed E-state index contributed by atoms with van der Waals surface area (Å²) in [6, 6.07) is 7.86. The van der Waals surface area contributed by atoms with Crippen LogP contribution in [0.4, 0.5) is 11.4 Å². The van der Waals surface area contributed by atoms with Crippen LogP contribution in [-0.4, -0.2) is 16.3 Å². The summed E-state index contributed by atoms with van der Waals surface area (Å²) in [7, 11) is 1.91. The third kappa shape index (κ3) is 2.68. The smallest absolute Gasteiger partial charge is 0.0865 e. The minimum atomic E-state index is 0.695. The van der Waals surface area contributed by atoms with Crippen LogP contribution in [0.5, 0.6) is 0 Å². The molecule has 2 N–H and O–H groups in total. The van der Waals surface area contributed by atoms with E-state index in [-0.39, 0.29) is 0 Å². The first kappa shape index (κ1) is 13.7. The van der Waals surface area contributed by atoms with Gasteiger partial charge in [-0.05, 0) is 26.0 Å². The van der Waals surface area contributed by atoms with Crippen molar-refractivity contribution in [2.45, 2.75) is 20.4 Å². The van der Waals surface area contributed by atoms with E-state index in [9.17, 15) is 0 Å². The summed E-state index contributed by atoms with van der Waals surface area (Å²) in [4.78, 5) is 2.19. The van der Waals surface area contributed by atoms with Crippen molar-refractivity contribution in [3.05, 3.63) is 40.7 Å². The molecule has 102 valence electrons. The van der Waals surface area contributed by atoms with E-state index in [1.807, 2.05) is 42.9 Å². The van der Waals surface area contributed by atoms with Gasteiger partial charge in [0.05, 0.1) is 34.3 Å². The van der Waals surface area contributed by atoms with Crippen molar-refractivity contribution in [2.24, 2.45) is 7.05 Å². The topological polar surface area (TPSA) is 47.1 Å². The van der Waals surface area contributed by atoms with Crippen LogP contribution in [0.2, 0.25) is 5.02 Å². The zero-order valence-corrected chi connectivity index (χ0v) is 12.3. The molecule has 0 saturated heterocycles. The summed E-state index contributed by atoms with van der Waals surface area (Å²) >= 11 is 6.30. The van der Waals surface area contributed by atoms with Gasteiger partial charge in [0, 0.05) is 13.6 Å². The van der Waals surface area contributed by atoms with Gasteiger partial charge >= 0.3 is 0 Å². The molecule has 0 atom stereocenters. The third-order valence-electron chi connectivity index (χ3n) is 3.26. The number of aromatic nitrogens is 2. The van der Waals surface area contributed by atoms with Crippen LogP contribution in [0.25, 0.3) is 0 Å². The molecular formula is C14H19ClN4. The Hall–Kier alpha value is -1.68. The predicted octanol–water partition coefficient (Wildman–Crippen LogP) is 2.99. The second kappa shape index (κ2) is 5.53. The van der Waals surface area contributed by atoms with Crippen LogP contribution in [0.3, 0.4) is 0 Å². The summed E-state index contributed by atoms with van der Waals surface area (Å²) in [5.74, 6) is 0. The van der Waals surface area contributed by atoms with Gasteiger partial charge in [-0.15, -0.1) is 0 Å². The fourth-order valence-electron chi connectivity index (χ4n) is 2.18. The molecule has 0 saturated carbocycles. The molecule has 0 aliphatic heterocycles. The number of benzene rings is 1. The Morgan fingerprint density at radius 1 is 1.37 bits per heavy atom. The zero-order valence-electron chi connectivity index (χ0n) is 11.5. The van der Waals surface area contributed by atoms with E-state index in [2.05, 4.69) is 16.9 Å². The number of hydrogen-bond donors (Lipinski definition) is 1. The quantitative estimate of drug-likeness (QED) is 0.875. The first-order valence-corrected chi connectivity index (χ1v) is 6.69. The molecule has 2 rings (SSSR count). The number of nitrogens with two attached hydrogens (primary N) is 1. The molecule has 0 radical (unpaired) electrons. The second-order valence-corrected chi connectivity index (χ2v) is 4.92. The normalized spacial score (nSPS) is 10.7. The average molecular weight is 279 g/mol. The van der Waals surface area contributed by atoms with Gasteiger partial charge < -0.3 is 10.6 Å². The van der Waals surface area contributed by atoms with Gasteiger partial charge in [-0.25, -0.2) is 0 Å². The lowest BCUT2D eigenvalue weighted by Crippen LogP contribution is -2.24. The van der Waals surface area contributed by atoms with E-state index in [0.29, 0.717) is 6.54 Å². The van der Waals surface area contributed by atoms with Crippen molar-refractivity contribution in [2.75, 3.05) is 17.2 Å². The molecule has 0 aliphatic carbocycles. The Kier molecular flexibility index (Phi) is 4.00. The molecule has 0 aliphatic rings. The van der Waals surface area contributed by atoms with Gasteiger partial charge in [0.15, 0.2) is 0 Å². The van der Waals surface area contributed by atoms with Crippen LogP contribution in [0.15, 0.2) is 24.3 Å². The number of rotatable bonds is 4. The maximum absolute atomic E-state index is 6.30. The minimum Gasteiger partial charge on any atom is -0.397 e. The highest BCUT2D eigenvalue weighted by atomic mass is 35.5. The fourth-order valence-corrected chi connectivity index (χ4v) is 2.40. The summed E-state index contributed by atoms with van der Waals surface area (Å²) in [6.45, 7) is 5.57. The lowest BCUT2D eigenvalue weighted by atomic mass is 10.2. The number of anilines is 2. The Balaban J connectivity index is 2.32. The molecule has 1 heterocycles. The number of hydrogen-bond acceptors (Lipinski definition) is 3. The molecule has 19 heavy (non-hydrogen) atoms. The van der Waals surface area contributed by atoms with Crippen LogP contribution in [-0.2, 0) is 13.6 Å². The number of halogens is 1. The van der Waals surface area contributed by atoms with Crippen LogP contribution < -0.4 is 10.6 Å². The molecule has 2 aromatic rings. The van der Waals surface area contributed by atoms with Gasteiger partial charge in [-0.2, -0.15) is 5.10 Å². The third-order valence-corrected chi connectivity index (χ3v) is 3.75. The molecule has 5 heteroatoms. The largest absolute Gasteiger partial charge is 0.397 e.